The lowest BCUT2D eigenvalue weighted by molar-refractivity contribution is -0.119. The number of aryl methyl sites for hydroxylation is 1. The highest BCUT2D eigenvalue weighted by molar-refractivity contribution is 5.77. The Hall–Kier alpha value is -3.11. The Labute approximate surface area is 175 Å². The van der Waals surface area contributed by atoms with Gasteiger partial charge in [0.25, 0.3) is 0 Å². The molecule has 0 radical (unpaired) electrons. The van der Waals surface area contributed by atoms with E-state index in [0.29, 0.717) is 48.4 Å². The minimum absolute atomic E-state index is 0.0495. The van der Waals surface area contributed by atoms with Crippen LogP contribution in [0.15, 0.2) is 4.63 Å². The van der Waals surface area contributed by atoms with Crippen molar-refractivity contribution < 1.29 is 14.2 Å². The number of nitrogens with zero attached hydrogens (tertiary/aromatic N) is 5. The van der Waals surface area contributed by atoms with E-state index in [-0.39, 0.29) is 23.4 Å². The molecular weight excluding hydrogens is 388 g/mol. The summed E-state index contributed by atoms with van der Waals surface area (Å²) < 4.78 is 10.6. The first kappa shape index (κ1) is 21.6. The molecule has 0 aromatic carbocycles. The van der Waals surface area contributed by atoms with Crippen LogP contribution in [0.2, 0.25) is 0 Å². The molecule has 1 fully saturated rings. The van der Waals surface area contributed by atoms with E-state index in [0.717, 1.165) is 13.0 Å². The maximum Gasteiger partial charge on any atom is 0.320 e. The minimum atomic E-state index is -0.0503. The molecule has 1 aliphatic heterocycles. The van der Waals surface area contributed by atoms with Crippen LogP contribution in [-0.4, -0.2) is 51.9 Å². The van der Waals surface area contributed by atoms with Gasteiger partial charge in [-0.05, 0) is 18.8 Å². The number of amides is 1. The van der Waals surface area contributed by atoms with Gasteiger partial charge in [-0.25, -0.2) is 4.63 Å². The van der Waals surface area contributed by atoms with Crippen LogP contribution in [0.25, 0.3) is 0 Å². The molecular formula is C19H30N8O3. The largest absolute Gasteiger partial charge is 0.463 e. The Morgan fingerprint density at radius 2 is 2.10 bits per heavy atom. The number of hydrogen-bond donors (Lipinski definition) is 3. The molecule has 1 unspecified atom stereocenters. The molecule has 3 heterocycles. The van der Waals surface area contributed by atoms with E-state index < -0.39 is 0 Å². The summed E-state index contributed by atoms with van der Waals surface area (Å²) in [5, 5.41) is 13.8. The topological polar surface area (TPSA) is 144 Å². The summed E-state index contributed by atoms with van der Waals surface area (Å²) in [7, 11) is 0. The number of nitrogens with two attached hydrogens (primary N) is 1. The van der Waals surface area contributed by atoms with Gasteiger partial charge < -0.3 is 26.0 Å². The fourth-order valence-electron chi connectivity index (χ4n) is 3.09. The Balaban J connectivity index is 1.84. The van der Waals surface area contributed by atoms with Gasteiger partial charge in [-0.3, -0.25) is 4.79 Å². The van der Waals surface area contributed by atoms with E-state index in [4.69, 9.17) is 15.1 Å². The molecule has 11 heteroatoms. The molecule has 1 atom stereocenters. The third-order valence-electron chi connectivity index (χ3n) is 4.60. The monoisotopic (exact) mass is 418 g/mol. The van der Waals surface area contributed by atoms with Crippen molar-refractivity contribution in [3.05, 3.63) is 11.4 Å². The number of nitrogen functional groups attached to an aromatic ring is 1. The van der Waals surface area contributed by atoms with E-state index in [1.165, 1.54) is 6.92 Å². The lowest BCUT2D eigenvalue weighted by Crippen LogP contribution is -2.36. The lowest BCUT2D eigenvalue weighted by Gasteiger charge is -2.23. The first-order valence-electron chi connectivity index (χ1n) is 9.96. The Kier molecular flexibility index (Phi) is 6.28. The Morgan fingerprint density at radius 3 is 2.73 bits per heavy atom. The first-order chi connectivity index (χ1) is 14.1. The van der Waals surface area contributed by atoms with Gasteiger partial charge in [0.2, 0.25) is 5.91 Å². The minimum Gasteiger partial charge on any atom is -0.463 e. The Morgan fingerprint density at radius 1 is 1.33 bits per heavy atom. The van der Waals surface area contributed by atoms with Gasteiger partial charge >= 0.3 is 6.01 Å². The van der Waals surface area contributed by atoms with E-state index >= 15 is 0 Å². The van der Waals surface area contributed by atoms with Crippen molar-refractivity contribution in [2.75, 3.05) is 35.6 Å². The van der Waals surface area contributed by atoms with Crippen molar-refractivity contribution in [3.63, 3.8) is 0 Å². The van der Waals surface area contributed by atoms with Gasteiger partial charge in [-0.2, -0.15) is 9.97 Å². The number of hydrogen-bond acceptors (Lipinski definition) is 10. The SMILES string of the molecule is CC(=O)NC1CCN(c2nc(OCC(C)(C)C)nc(NCc3nonc3C)c2N)C1. The smallest absolute Gasteiger partial charge is 0.320 e. The molecule has 30 heavy (non-hydrogen) atoms. The number of anilines is 3. The van der Waals surface area contributed by atoms with Crippen LogP contribution in [0.5, 0.6) is 6.01 Å². The number of nitrogens with one attached hydrogen (secondary N) is 2. The second kappa shape index (κ2) is 8.72. The highest BCUT2D eigenvalue weighted by Crippen LogP contribution is 2.32. The van der Waals surface area contributed by atoms with Gasteiger partial charge in [0, 0.05) is 26.1 Å². The second-order valence-corrected chi connectivity index (χ2v) is 8.72. The number of ether oxygens (including phenoxy) is 1. The maximum absolute atomic E-state index is 11.4. The van der Waals surface area contributed by atoms with Crippen molar-refractivity contribution in [2.24, 2.45) is 5.41 Å². The number of aromatic nitrogens is 4. The molecule has 164 valence electrons. The van der Waals surface area contributed by atoms with Crippen molar-refractivity contribution in [3.8, 4) is 6.01 Å². The highest BCUT2D eigenvalue weighted by Gasteiger charge is 2.28. The average Bonchev–Trinajstić information content (AvgIpc) is 3.27. The van der Waals surface area contributed by atoms with Crippen LogP contribution in [-0.2, 0) is 11.3 Å². The van der Waals surface area contributed by atoms with Crippen LogP contribution in [0.3, 0.4) is 0 Å². The van der Waals surface area contributed by atoms with Gasteiger partial charge in [-0.1, -0.05) is 31.1 Å². The van der Waals surface area contributed by atoms with Crippen LogP contribution < -0.4 is 26.0 Å². The van der Waals surface area contributed by atoms with Crippen molar-refractivity contribution in [2.45, 2.75) is 53.6 Å². The molecule has 0 spiro atoms. The standard InChI is InChI=1S/C19H30N8O3/c1-11-14(26-30-25-11)8-21-16-15(20)17(24-18(23-16)29-10-19(3,4)5)27-7-6-13(9-27)22-12(2)28/h13H,6-10,20H2,1-5H3,(H,22,28)(H,21,23,24). The molecule has 1 amide bonds. The molecule has 3 rings (SSSR count). The predicted molar refractivity (Wildman–Crippen MR) is 112 cm³/mol. The summed E-state index contributed by atoms with van der Waals surface area (Å²) in [6.07, 6.45) is 0.813. The summed E-state index contributed by atoms with van der Waals surface area (Å²) in [4.78, 5) is 22.5. The summed E-state index contributed by atoms with van der Waals surface area (Å²) in [6.45, 7) is 11.7. The zero-order valence-electron chi connectivity index (χ0n) is 18.2. The van der Waals surface area contributed by atoms with Crippen molar-refractivity contribution in [1.29, 1.82) is 0 Å². The van der Waals surface area contributed by atoms with E-state index in [2.05, 4.69) is 51.7 Å². The quantitative estimate of drug-likeness (QED) is 0.605. The average molecular weight is 419 g/mol. The van der Waals surface area contributed by atoms with Crippen LogP contribution in [0.1, 0.15) is 45.5 Å². The molecule has 11 nitrogen and oxygen atoms in total. The fourth-order valence-corrected chi connectivity index (χ4v) is 3.09. The predicted octanol–water partition coefficient (Wildman–Crippen LogP) is 1.50. The van der Waals surface area contributed by atoms with E-state index in [1.807, 2.05) is 11.8 Å². The molecule has 2 aromatic heterocycles. The fraction of sp³-hybridized carbons (Fsp3) is 0.632. The number of rotatable bonds is 7. The summed E-state index contributed by atoms with van der Waals surface area (Å²) in [5.74, 6) is 0.985. The maximum atomic E-state index is 11.4. The van der Waals surface area contributed by atoms with Crippen LogP contribution in [0.4, 0.5) is 17.3 Å². The number of carbonyl (C=O) groups is 1. The third-order valence-corrected chi connectivity index (χ3v) is 4.60. The molecule has 1 saturated heterocycles. The van der Waals surface area contributed by atoms with Crippen LogP contribution >= 0.6 is 0 Å². The van der Waals surface area contributed by atoms with Crippen molar-refractivity contribution >= 4 is 23.2 Å². The molecule has 2 aromatic rings. The van der Waals surface area contributed by atoms with Gasteiger partial charge in [0.05, 0.1) is 13.2 Å². The third kappa shape index (κ3) is 5.49. The first-order valence-corrected chi connectivity index (χ1v) is 9.96. The van der Waals surface area contributed by atoms with Gasteiger partial charge in [0.15, 0.2) is 11.6 Å². The molecule has 0 saturated carbocycles. The van der Waals surface area contributed by atoms with Gasteiger partial charge in [0.1, 0.15) is 17.1 Å². The normalized spacial score (nSPS) is 16.6. The van der Waals surface area contributed by atoms with E-state index in [1.54, 1.807) is 0 Å². The summed E-state index contributed by atoms with van der Waals surface area (Å²) in [5.41, 5.74) is 8.13. The van der Waals surface area contributed by atoms with E-state index in [9.17, 15) is 4.79 Å². The Bertz CT molecular complexity index is 892. The molecule has 4 N–H and O–H groups in total. The highest BCUT2D eigenvalue weighted by atomic mass is 16.6. The van der Waals surface area contributed by atoms with Crippen molar-refractivity contribution in [1.82, 2.24) is 25.6 Å². The second-order valence-electron chi connectivity index (χ2n) is 8.72. The summed E-state index contributed by atoms with van der Waals surface area (Å²) in [6, 6.07) is 0.297. The zero-order chi connectivity index (χ0) is 21.9. The zero-order valence-corrected chi connectivity index (χ0v) is 18.2. The summed E-state index contributed by atoms with van der Waals surface area (Å²) >= 11 is 0. The molecule has 1 aliphatic rings. The number of carbonyl (C=O) groups excluding carboxylic acids is 1. The molecule has 0 aliphatic carbocycles. The lowest BCUT2D eigenvalue weighted by atomic mass is 9.99. The molecule has 0 bridgehead atoms. The van der Waals surface area contributed by atoms with Crippen LogP contribution in [0, 0.1) is 12.3 Å². The van der Waals surface area contributed by atoms with Gasteiger partial charge in [-0.15, -0.1) is 0 Å².